The minimum Gasteiger partial charge on any atom is -0.460 e. The Labute approximate surface area is 146 Å². The lowest BCUT2D eigenvalue weighted by Crippen LogP contribution is -2.33. The standard InChI is InChI=1S/C20H21N3O2/c1-13-10-11-19(25-13)16-12-17(22-21-16)20(24)23(2)18-9-5-7-14-6-3-4-8-15(14)18/h3-4,6,8,10-12,18H,5,7,9H2,1-2H3,(H,21,22). The Kier molecular flexibility index (Phi) is 3.92. The Hall–Kier alpha value is -2.82. The molecule has 1 atom stereocenters. The number of carbonyl (C=O) groups excluding carboxylic acids is 1. The number of fused-ring (bicyclic) bond motifs is 1. The number of hydrogen-bond donors (Lipinski definition) is 1. The molecular weight excluding hydrogens is 314 g/mol. The van der Waals surface area contributed by atoms with Crippen molar-refractivity contribution in [1.29, 1.82) is 0 Å². The Balaban J connectivity index is 1.58. The topological polar surface area (TPSA) is 62.1 Å². The molecule has 128 valence electrons. The maximum atomic E-state index is 12.9. The molecule has 5 heteroatoms. The average Bonchev–Trinajstić information content (AvgIpc) is 3.29. The summed E-state index contributed by atoms with van der Waals surface area (Å²) in [6.07, 6.45) is 3.16. The molecule has 0 saturated carbocycles. The summed E-state index contributed by atoms with van der Waals surface area (Å²) in [6, 6.07) is 14.0. The van der Waals surface area contributed by atoms with E-state index in [1.165, 1.54) is 11.1 Å². The van der Waals surface area contributed by atoms with Crippen molar-refractivity contribution in [2.75, 3.05) is 7.05 Å². The van der Waals surface area contributed by atoms with Gasteiger partial charge in [-0.2, -0.15) is 5.10 Å². The Morgan fingerprint density at radius 3 is 2.92 bits per heavy atom. The first-order chi connectivity index (χ1) is 12.1. The third kappa shape index (κ3) is 2.86. The summed E-state index contributed by atoms with van der Waals surface area (Å²) in [5.41, 5.74) is 3.72. The van der Waals surface area contributed by atoms with E-state index in [9.17, 15) is 4.79 Å². The third-order valence-corrected chi connectivity index (χ3v) is 4.93. The number of nitrogens with zero attached hydrogens (tertiary/aromatic N) is 2. The van der Waals surface area contributed by atoms with Crippen molar-refractivity contribution in [3.05, 3.63) is 65.0 Å². The van der Waals surface area contributed by atoms with E-state index in [2.05, 4.69) is 28.4 Å². The van der Waals surface area contributed by atoms with E-state index in [4.69, 9.17) is 4.42 Å². The first kappa shape index (κ1) is 15.7. The number of hydrogen-bond acceptors (Lipinski definition) is 3. The summed E-state index contributed by atoms with van der Waals surface area (Å²) in [4.78, 5) is 14.7. The molecule has 1 amide bonds. The zero-order valence-corrected chi connectivity index (χ0v) is 14.5. The number of aromatic nitrogens is 2. The van der Waals surface area contributed by atoms with Crippen LogP contribution in [-0.2, 0) is 6.42 Å². The number of benzene rings is 1. The highest BCUT2D eigenvalue weighted by Crippen LogP contribution is 2.34. The van der Waals surface area contributed by atoms with E-state index < -0.39 is 0 Å². The number of amides is 1. The van der Waals surface area contributed by atoms with Gasteiger partial charge in [-0.1, -0.05) is 24.3 Å². The van der Waals surface area contributed by atoms with E-state index in [0.717, 1.165) is 25.0 Å². The molecule has 3 aromatic rings. The normalized spacial score (nSPS) is 16.5. The molecule has 1 aromatic carbocycles. The largest absolute Gasteiger partial charge is 0.460 e. The SMILES string of the molecule is Cc1ccc(-c2cc(C(=O)N(C)C3CCCc4ccccc43)n[nH]2)o1. The fourth-order valence-electron chi connectivity index (χ4n) is 3.59. The van der Waals surface area contributed by atoms with Gasteiger partial charge in [0.15, 0.2) is 11.5 Å². The minimum atomic E-state index is -0.0764. The predicted molar refractivity (Wildman–Crippen MR) is 95.2 cm³/mol. The molecule has 4 rings (SSSR count). The molecule has 1 aliphatic rings. The van der Waals surface area contributed by atoms with Crippen LogP contribution in [0.2, 0.25) is 0 Å². The van der Waals surface area contributed by atoms with Crippen molar-refractivity contribution in [3.63, 3.8) is 0 Å². The van der Waals surface area contributed by atoms with Gasteiger partial charge < -0.3 is 9.32 Å². The highest BCUT2D eigenvalue weighted by molar-refractivity contribution is 5.93. The van der Waals surface area contributed by atoms with Gasteiger partial charge in [0.25, 0.3) is 5.91 Å². The van der Waals surface area contributed by atoms with Crippen LogP contribution in [0.5, 0.6) is 0 Å². The van der Waals surface area contributed by atoms with Crippen LogP contribution in [0.25, 0.3) is 11.5 Å². The molecule has 1 N–H and O–H groups in total. The van der Waals surface area contributed by atoms with E-state index >= 15 is 0 Å². The van der Waals surface area contributed by atoms with E-state index in [-0.39, 0.29) is 11.9 Å². The number of rotatable bonds is 3. The maximum Gasteiger partial charge on any atom is 0.274 e. The quantitative estimate of drug-likeness (QED) is 0.783. The van der Waals surface area contributed by atoms with E-state index in [1.54, 1.807) is 6.07 Å². The highest BCUT2D eigenvalue weighted by atomic mass is 16.3. The molecule has 0 saturated heterocycles. The van der Waals surface area contributed by atoms with Crippen molar-refractivity contribution in [3.8, 4) is 11.5 Å². The second-order valence-corrected chi connectivity index (χ2v) is 6.60. The summed E-state index contributed by atoms with van der Waals surface area (Å²) >= 11 is 0. The van der Waals surface area contributed by atoms with Crippen LogP contribution in [0, 0.1) is 6.92 Å². The molecule has 0 aliphatic heterocycles. The number of aryl methyl sites for hydroxylation is 2. The Morgan fingerprint density at radius 1 is 1.28 bits per heavy atom. The monoisotopic (exact) mass is 335 g/mol. The van der Waals surface area contributed by atoms with Gasteiger partial charge in [0.1, 0.15) is 11.5 Å². The van der Waals surface area contributed by atoms with Gasteiger partial charge in [-0.15, -0.1) is 0 Å². The smallest absolute Gasteiger partial charge is 0.274 e. The van der Waals surface area contributed by atoms with Gasteiger partial charge in [0.05, 0.1) is 6.04 Å². The molecule has 5 nitrogen and oxygen atoms in total. The van der Waals surface area contributed by atoms with Crippen molar-refractivity contribution in [2.45, 2.75) is 32.2 Å². The molecule has 0 bridgehead atoms. The van der Waals surface area contributed by atoms with Crippen LogP contribution in [0.3, 0.4) is 0 Å². The summed E-state index contributed by atoms with van der Waals surface area (Å²) in [5.74, 6) is 1.44. The Bertz CT molecular complexity index is 909. The van der Waals surface area contributed by atoms with Gasteiger partial charge in [-0.25, -0.2) is 0 Å². The summed E-state index contributed by atoms with van der Waals surface area (Å²) < 4.78 is 5.59. The van der Waals surface area contributed by atoms with E-state index in [0.29, 0.717) is 17.1 Å². The van der Waals surface area contributed by atoms with Crippen molar-refractivity contribution in [2.24, 2.45) is 0 Å². The molecule has 2 heterocycles. The summed E-state index contributed by atoms with van der Waals surface area (Å²) in [5, 5.41) is 7.10. The number of carbonyl (C=O) groups is 1. The molecular formula is C20H21N3O2. The second kappa shape index (κ2) is 6.24. The summed E-state index contributed by atoms with van der Waals surface area (Å²) in [6.45, 7) is 1.89. The molecule has 0 radical (unpaired) electrons. The molecule has 1 unspecified atom stereocenters. The fourth-order valence-corrected chi connectivity index (χ4v) is 3.59. The van der Waals surface area contributed by atoms with Crippen LogP contribution in [0.4, 0.5) is 0 Å². The minimum absolute atomic E-state index is 0.0764. The predicted octanol–water partition coefficient (Wildman–Crippen LogP) is 4.13. The Morgan fingerprint density at radius 2 is 2.12 bits per heavy atom. The lowest BCUT2D eigenvalue weighted by Gasteiger charge is -2.32. The van der Waals surface area contributed by atoms with Crippen LogP contribution in [0.15, 0.2) is 46.9 Å². The molecule has 2 aromatic heterocycles. The van der Waals surface area contributed by atoms with Gasteiger partial charge in [-0.3, -0.25) is 9.89 Å². The number of H-pyrrole nitrogens is 1. The van der Waals surface area contributed by atoms with Crippen LogP contribution < -0.4 is 0 Å². The van der Waals surface area contributed by atoms with Crippen molar-refractivity contribution < 1.29 is 9.21 Å². The third-order valence-electron chi connectivity index (χ3n) is 4.93. The van der Waals surface area contributed by atoms with Crippen LogP contribution in [0.1, 0.15) is 46.3 Å². The first-order valence-corrected chi connectivity index (χ1v) is 8.60. The highest BCUT2D eigenvalue weighted by Gasteiger charge is 2.28. The van der Waals surface area contributed by atoms with Gasteiger partial charge >= 0.3 is 0 Å². The molecule has 0 spiro atoms. The molecule has 1 aliphatic carbocycles. The second-order valence-electron chi connectivity index (χ2n) is 6.60. The van der Waals surface area contributed by atoms with Gasteiger partial charge in [0.2, 0.25) is 0 Å². The fraction of sp³-hybridized carbons (Fsp3) is 0.300. The van der Waals surface area contributed by atoms with Crippen LogP contribution >= 0.6 is 0 Å². The number of aromatic amines is 1. The maximum absolute atomic E-state index is 12.9. The lowest BCUT2D eigenvalue weighted by molar-refractivity contribution is 0.0709. The zero-order valence-electron chi connectivity index (χ0n) is 14.5. The first-order valence-electron chi connectivity index (χ1n) is 8.60. The van der Waals surface area contributed by atoms with Crippen molar-refractivity contribution in [1.82, 2.24) is 15.1 Å². The lowest BCUT2D eigenvalue weighted by atomic mass is 9.87. The number of furan rings is 1. The average molecular weight is 335 g/mol. The number of nitrogens with one attached hydrogen (secondary N) is 1. The van der Waals surface area contributed by atoms with Crippen LogP contribution in [-0.4, -0.2) is 28.1 Å². The van der Waals surface area contributed by atoms with Gasteiger partial charge in [0, 0.05) is 13.1 Å². The van der Waals surface area contributed by atoms with Crippen molar-refractivity contribution >= 4 is 5.91 Å². The molecule has 0 fully saturated rings. The molecule has 25 heavy (non-hydrogen) atoms. The zero-order chi connectivity index (χ0) is 17.4. The summed E-state index contributed by atoms with van der Waals surface area (Å²) in [7, 11) is 1.86. The van der Waals surface area contributed by atoms with E-state index in [1.807, 2.05) is 37.1 Å². The van der Waals surface area contributed by atoms with Gasteiger partial charge in [-0.05, 0) is 49.4 Å².